The second kappa shape index (κ2) is 5.87. The van der Waals surface area contributed by atoms with Gasteiger partial charge in [-0.25, -0.2) is 9.69 Å². The summed E-state index contributed by atoms with van der Waals surface area (Å²) in [5.74, 6) is -1.22. The molecule has 0 aromatic heterocycles. The molecule has 0 saturated carbocycles. The van der Waals surface area contributed by atoms with Crippen molar-refractivity contribution in [3.05, 3.63) is 42.0 Å². The Balaban J connectivity index is 1.64. The molecule has 2 unspecified atom stereocenters. The van der Waals surface area contributed by atoms with Crippen LogP contribution in [0.3, 0.4) is 0 Å². The van der Waals surface area contributed by atoms with Gasteiger partial charge in [-0.1, -0.05) is 6.92 Å². The molecule has 126 valence electrons. The van der Waals surface area contributed by atoms with Crippen LogP contribution in [0.2, 0.25) is 0 Å². The molecule has 2 atom stereocenters. The van der Waals surface area contributed by atoms with Crippen molar-refractivity contribution in [3.8, 4) is 0 Å². The zero-order valence-electron chi connectivity index (χ0n) is 13.8. The van der Waals surface area contributed by atoms with Crippen molar-refractivity contribution >= 4 is 23.5 Å². The highest BCUT2D eigenvalue weighted by Crippen LogP contribution is 2.41. The van der Waals surface area contributed by atoms with Gasteiger partial charge in [0.2, 0.25) is 0 Å². The number of benzene rings is 1. The fourth-order valence-corrected chi connectivity index (χ4v) is 2.82. The highest BCUT2D eigenvalue weighted by atomic mass is 16.6. The van der Waals surface area contributed by atoms with Crippen LogP contribution in [0.1, 0.15) is 31.1 Å². The maximum absolute atomic E-state index is 12.2. The van der Waals surface area contributed by atoms with E-state index in [9.17, 15) is 14.4 Å². The molecule has 2 aliphatic rings. The largest absolute Gasteiger partial charge is 0.461 e. The van der Waals surface area contributed by atoms with Crippen molar-refractivity contribution < 1.29 is 23.9 Å². The van der Waals surface area contributed by atoms with E-state index in [1.807, 2.05) is 20.8 Å². The molecule has 0 spiro atoms. The number of rotatable bonds is 4. The molecule has 24 heavy (non-hydrogen) atoms. The fourth-order valence-electron chi connectivity index (χ4n) is 2.82. The monoisotopic (exact) mass is 329 g/mol. The number of carbonyl (C=O) groups is 3. The van der Waals surface area contributed by atoms with Gasteiger partial charge in [0.05, 0.1) is 28.9 Å². The third-order valence-electron chi connectivity index (χ3n) is 4.95. The summed E-state index contributed by atoms with van der Waals surface area (Å²) < 4.78 is 10.9. The van der Waals surface area contributed by atoms with Gasteiger partial charge in [-0.15, -0.1) is 0 Å². The molecular weight excluding hydrogens is 310 g/mol. The van der Waals surface area contributed by atoms with E-state index >= 15 is 0 Å². The van der Waals surface area contributed by atoms with Gasteiger partial charge in [-0.2, -0.15) is 0 Å². The summed E-state index contributed by atoms with van der Waals surface area (Å²) in [7, 11) is 0. The lowest BCUT2D eigenvalue weighted by Crippen LogP contribution is -2.57. The van der Waals surface area contributed by atoms with E-state index in [4.69, 9.17) is 9.47 Å². The van der Waals surface area contributed by atoms with E-state index in [0.29, 0.717) is 11.3 Å². The molecule has 1 fully saturated rings. The predicted octanol–water partition coefficient (Wildman–Crippen LogP) is 2.09. The summed E-state index contributed by atoms with van der Waals surface area (Å²) in [5.41, 5.74) is 0.610. The maximum Gasteiger partial charge on any atom is 0.338 e. The van der Waals surface area contributed by atoms with Gasteiger partial charge in [-0.3, -0.25) is 9.59 Å². The Morgan fingerprint density at radius 1 is 1.12 bits per heavy atom. The summed E-state index contributed by atoms with van der Waals surface area (Å²) >= 11 is 0. The Bertz CT molecular complexity index is 695. The fraction of sp³-hybridized carbons (Fsp3) is 0.389. The Labute approximate surface area is 140 Å². The molecule has 2 aliphatic heterocycles. The Kier molecular flexibility index (Phi) is 4.01. The summed E-state index contributed by atoms with van der Waals surface area (Å²) in [5, 5.41) is 0. The van der Waals surface area contributed by atoms with Crippen molar-refractivity contribution in [2.24, 2.45) is 5.41 Å². The molecule has 6 nitrogen and oxygen atoms in total. The topological polar surface area (TPSA) is 72.9 Å². The quantitative estimate of drug-likeness (QED) is 0.625. The van der Waals surface area contributed by atoms with Crippen molar-refractivity contribution in [1.29, 1.82) is 0 Å². The number of ether oxygens (including phenoxy) is 2. The smallest absolute Gasteiger partial charge is 0.338 e. The highest BCUT2D eigenvalue weighted by Gasteiger charge is 2.49. The van der Waals surface area contributed by atoms with Gasteiger partial charge in [0.25, 0.3) is 11.8 Å². The van der Waals surface area contributed by atoms with Crippen LogP contribution in [-0.4, -0.2) is 36.6 Å². The second-order valence-corrected chi connectivity index (χ2v) is 6.39. The van der Waals surface area contributed by atoms with Crippen molar-refractivity contribution in [2.75, 3.05) is 11.5 Å². The van der Waals surface area contributed by atoms with Gasteiger partial charge < -0.3 is 9.47 Å². The van der Waals surface area contributed by atoms with Crippen molar-refractivity contribution in [2.45, 2.75) is 33.0 Å². The molecule has 3 rings (SSSR count). The molecular formula is C18H19NO5. The van der Waals surface area contributed by atoms with Gasteiger partial charge in [0.1, 0.15) is 6.61 Å². The summed E-state index contributed by atoms with van der Waals surface area (Å²) in [6, 6.07) is 6.20. The average molecular weight is 329 g/mol. The summed E-state index contributed by atoms with van der Waals surface area (Å²) in [6.45, 7) is 6.23. The first-order valence-corrected chi connectivity index (χ1v) is 7.82. The maximum atomic E-state index is 12.2. The normalized spacial score (nSPS) is 28.9. The molecule has 0 N–H and O–H groups in total. The molecule has 1 aromatic carbocycles. The number of hydrogen-bond donors (Lipinski definition) is 0. The lowest BCUT2D eigenvalue weighted by Gasteiger charge is -2.50. The lowest BCUT2D eigenvalue weighted by atomic mass is 9.75. The van der Waals surface area contributed by atoms with Crippen LogP contribution in [0, 0.1) is 5.41 Å². The number of anilines is 1. The molecule has 2 heterocycles. The third-order valence-corrected chi connectivity index (χ3v) is 4.95. The predicted molar refractivity (Wildman–Crippen MR) is 86.5 cm³/mol. The molecule has 0 radical (unpaired) electrons. The zero-order chi connectivity index (χ0) is 17.5. The van der Waals surface area contributed by atoms with Crippen LogP contribution in [0.25, 0.3) is 0 Å². The second-order valence-electron chi connectivity index (χ2n) is 6.39. The first-order chi connectivity index (χ1) is 11.3. The molecule has 0 bridgehead atoms. The SMILES string of the molecule is CC1OC(C)C1(C)COC(=O)c1ccc(N2C(=O)C=CC2=O)cc1. The van der Waals surface area contributed by atoms with Crippen LogP contribution < -0.4 is 4.90 Å². The van der Waals surface area contributed by atoms with Crippen LogP contribution in [-0.2, 0) is 19.1 Å². The zero-order valence-corrected chi connectivity index (χ0v) is 13.8. The molecule has 0 aliphatic carbocycles. The minimum atomic E-state index is -0.439. The summed E-state index contributed by atoms with van der Waals surface area (Å²) in [6.07, 6.45) is 2.52. The van der Waals surface area contributed by atoms with E-state index in [-0.39, 0.29) is 24.2 Å². The Morgan fingerprint density at radius 3 is 2.17 bits per heavy atom. The van der Waals surface area contributed by atoms with Gasteiger partial charge in [0.15, 0.2) is 0 Å². The molecule has 1 saturated heterocycles. The van der Waals surface area contributed by atoms with Crippen LogP contribution in [0.4, 0.5) is 5.69 Å². The van der Waals surface area contributed by atoms with Crippen LogP contribution in [0.15, 0.2) is 36.4 Å². The van der Waals surface area contributed by atoms with E-state index in [1.54, 1.807) is 24.3 Å². The van der Waals surface area contributed by atoms with E-state index in [1.165, 1.54) is 12.2 Å². The van der Waals surface area contributed by atoms with Crippen LogP contribution in [0.5, 0.6) is 0 Å². The Morgan fingerprint density at radius 2 is 1.67 bits per heavy atom. The average Bonchev–Trinajstić information content (AvgIpc) is 2.91. The van der Waals surface area contributed by atoms with Crippen molar-refractivity contribution in [1.82, 2.24) is 0 Å². The van der Waals surface area contributed by atoms with E-state index in [2.05, 4.69) is 0 Å². The number of amides is 2. The van der Waals surface area contributed by atoms with Gasteiger partial charge in [-0.05, 0) is 38.1 Å². The van der Waals surface area contributed by atoms with Gasteiger partial charge in [0, 0.05) is 12.2 Å². The number of hydrogen-bond acceptors (Lipinski definition) is 5. The third kappa shape index (κ3) is 2.63. The first kappa shape index (κ1) is 16.4. The number of esters is 1. The Hall–Kier alpha value is -2.47. The molecule has 1 aromatic rings. The van der Waals surface area contributed by atoms with Crippen LogP contribution >= 0.6 is 0 Å². The number of nitrogens with zero attached hydrogens (tertiary/aromatic N) is 1. The van der Waals surface area contributed by atoms with E-state index in [0.717, 1.165) is 4.90 Å². The van der Waals surface area contributed by atoms with Gasteiger partial charge >= 0.3 is 5.97 Å². The van der Waals surface area contributed by atoms with Crippen molar-refractivity contribution in [3.63, 3.8) is 0 Å². The molecule has 2 amide bonds. The standard InChI is InChI=1S/C18H19NO5/c1-11-18(3,12(2)24-11)10-23-17(22)13-4-6-14(7-5-13)19-15(20)8-9-16(19)21/h4-9,11-12H,10H2,1-3H3. The summed E-state index contributed by atoms with van der Waals surface area (Å²) in [4.78, 5) is 36.5. The first-order valence-electron chi connectivity index (χ1n) is 7.82. The molecule has 6 heteroatoms. The number of imide groups is 1. The highest BCUT2D eigenvalue weighted by molar-refractivity contribution is 6.28. The minimum absolute atomic E-state index is 0.0439. The number of carbonyl (C=O) groups excluding carboxylic acids is 3. The van der Waals surface area contributed by atoms with E-state index < -0.39 is 17.8 Å². The minimum Gasteiger partial charge on any atom is -0.461 e. The lowest BCUT2D eigenvalue weighted by molar-refractivity contribution is -0.239.